The molecule has 1 aromatic rings. The summed E-state index contributed by atoms with van der Waals surface area (Å²) in [7, 11) is 0. The summed E-state index contributed by atoms with van der Waals surface area (Å²) in [6.07, 6.45) is 1.17. The van der Waals surface area contributed by atoms with E-state index >= 15 is 0 Å². The van der Waals surface area contributed by atoms with Crippen LogP contribution in [0.1, 0.15) is 44.7 Å². The van der Waals surface area contributed by atoms with Crippen LogP contribution in [0.25, 0.3) is 0 Å². The van der Waals surface area contributed by atoms with Crippen LogP contribution < -0.4 is 5.73 Å². The van der Waals surface area contributed by atoms with Gasteiger partial charge in [-0.05, 0) is 28.9 Å². The molecule has 0 saturated heterocycles. The lowest BCUT2D eigenvalue weighted by Crippen LogP contribution is -2.06. The molecule has 0 heterocycles. The molecule has 16 heavy (non-hydrogen) atoms. The monoisotopic (exact) mass is 217 g/mol. The Balaban J connectivity index is 2.09. The van der Waals surface area contributed by atoms with Gasteiger partial charge < -0.3 is 5.73 Å². The summed E-state index contributed by atoms with van der Waals surface area (Å²) in [4.78, 5) is 0. The van der Waals surface area contributed by atoms with Gasteiger partial charge in [0.2, 0.25) is 0 Å². The van der Waals surface area contributed by atoms with Crippen LogP contribution in [-0.4, -0.2) is 6.04 Å². The quantitative estimate of drug-likeness (QED) is 0.825. The molecule has 1 fully saturated rings. The van der Waals surface area contributed by atoms with Crippen LogP contribution in [0, 0.1) is 11.3 Å². The first-order valence-electron chi connectivity index (χ1n) is 6.27. The van der Waals surface area contributed by atoms with E-state index in [0.717, 1.165) is 5.92 Å². The third-order valence-corrected chi connectivity index (χ3v) is 3.89. The Bertz CT molecular complexity index is 362. The molecule has 2 rings (SSSR count). The van der Waals surface area contributed by atoms with Gasteiger partial charge in [0, 0.05) is 12.0 Å². The predicted octanol–water partition coefficient (Wildman–Crippen LogP) is 3.34. The molecule has 1 nitrogen and oxygen atoms in total. The maximum Gasteiger partial charge on any atom is 0.0172 e. The van der Waals surface area contributed by atoms with Crippen molar-refractivity contribution in [1.29, 1.82) is 0 Å². The van der Waals surface area contributed by atoms with Gasteiger partial charge >= 0.3 is 0 Å². The fourth-order valence-corrected chi connectivity index (χ4v) is 2.65. The number of hydrogen-bond acceptors (Lipinski definition) is 1. The number of hydrogen-bond donors (Lipinski definition) is 1. The minimum absolute atomic E-state index is 0.291. The molecule has 0 unspecified atom stereocenters. The van der Waals surface area contributed by atoms with Gasteiger partial charge in [0.15, 0.2) is 0 Å². The summed E-state index contributed by atoms with van der Waals surface area (Å²) in [6.45, 7) is 9.02. The van der Waals surface area contributed by atoms with Gasteiger partial charge in [-0.3, -0.25) is 0 Å². The Labute approximate surface area is 99.0 Å². The molecule has 0 amide bonds. The van der Waals surface area contributed by atoms with Crippen molar-refractivity contribution in [2.45, 2.75) is 46.1 Å². The third kappa shape index (κ3) is 2.01. The second-order valence-electron chi connectivity index (χ2n) is 6.16. The zero-order valence-electron chi connectivity index (χ0n) is 10.8. The van der Waals surface area contributed by atoms with Gasteiger partial charge in [0.25, 0.3) is 0 Å². The molecule has 0 aromatic heterocycles. The first-order chi connectivity index (χ1) is 7.43. The standard InChI is InChI=1S/C15H23N/c1-10(2)9-11-5-7-12(8-6-11)13-14(16)15(13,3)4/h5-8,10,13-14H,9,16H2,1-4H3/t13-,14-/m0/s1. The topological polar surface area (TPSA) is 26.0 Å². The molecule has 1 aliphatic rings. The van der Waals surface area contributed by atoms with Crippen molar-refractivity contribution in [2.75, 3.05) is 0 Å². The molecule has 2 atom stereocenters. The smallest absolute Gasteiger partial charge is 0.0172 e. The zero-order chi connectivity index (χ0) is 11.9. The second-order valence-corrected chi connectivity index (χ2v) is 6.16. The van der Waals surface area contributed by atoms with Gasteiger partial charge in [-0.15, -0.1) is 0 Å². The van der Waals surface area contributed by atoms with E-state index in [2.05, 4.69) is 52.0 Å². The van der Waals surface area contributed by atoms with Crippen molar-refractivity contribution >= 4 is 0 Å². The predicted molar refractivity (Wildman–Crippen MR) is 69.5 cm³/mol. The van der Waals surface area contributed by atoms with Crippen molar-refractivity contribution in [1.82, 2.24) is 0 Å². The van der Waals surface area contributed by atoms with Crippen LogP contribution >= 0.6 is 0 Å². The Morgan fingerprint density at radius 1 is 1.19 bits per heavy atom. The van der Waals surface area contributed by atoms with E-state index in [1.54, 1.807) is 0 Å². The maximum atomic E-state index is 6.10. The highest BCUT2D eigenvalue weighted by molar-refractivity contribution is 5.35. The Morgan fingerprint density at radius 2 is 1.69 bits per heavy atom. The molecule has 0 bridgehead atoms. The van der Waals surface area contributed by atoms with Crippen LogP contribution in [0.2, 0.25) is 0 Å². The van der Waals surface area contributed by atoms with E-state index in [1.807, 2.05) is 0 Å². The number of rotatable bonds is 3. The van der Waals surface area contributed by atoms with E-state index in [0.29, 0.717) is 17.4 Å². The fraction of sp³-hybridized carbons (Fsp3) is 0.600. The SMILES string of the molecule is CC(C)Cc1ccc([C@H]2[C@H](N)C2(C)C)cc1. The minimum Gasteiger partial charge on any atom is -0.327 e. The summed E-state index contributed by atoms with van der Waals surface area (Å²) in [5.41, 5.74) is 9.23. The first-order valence-corrected chi connectivity index (χ1v) is 6.27. The second kappa shape index (κ2) is 3.89. The Kier molecular flexibility index (Phi) is 2.83. The van der Waals surface area contributed by atoms with Crippen LogP contribution in [-0.2, 0) is 6.42 Å². The molecule has 0 aliphatic heterocycles. The van der Waals surface area contributed by atoms with Gasteiger partial charge in [0.05, 0.1) is 0 Å². The Hall–Kier alpha value is -0.820. The number of nitrogens with two attached hydrogens (primary N) is 1. The molecule has 1 saturated carbocycles. The minimum atomic E-state index is 0.291. The van der Waals surface area contributed by atoms with Gasteiger partial charge in [-0.25, -0.2) is 0 Å². The van der Waals surface area contributed by atoms with Gasteiger partial charge in [-0.2, -0.15) is 0 Å². The molecule has 2 N–H and O–H groups in total. The van der Waals surface area contributed by atoms with Crippen molar-refractivity contribution in [2.24, 2.45) is 17.1 Å². The zero-order valence-corrected chi connectivity index (χ0v) is 10.8. The van der Waals surface area contributed by atoms with Crippen LogP contribution in [0.3, 0.4) is 0 Å². The highest BCUT2D eigenvalue weighted by Gasteiger charge is 2.55. The van der Waals surface area contributed by atoms with Crippen LogP contribution in [0.4, 0.5) is 0 Å². The highest BCUT2D eigenvalue weighted by atomic mass is 14.8. The summed E-state index contributed by atoms with van der Waals surface area (Å²) in [6, 6.07) is 9.38. The maximum absolute atomic E-state index is 6.10. The lowest BCUT2D eigenvalue weighted by Gasteiger charge is -2.07. The average molecular weight is 217 g/mol. The lowest BCUT2D eigenvalue weighted by molar-refractivity contribution is 0.599. The molecule has 0 spiro atoms. The van der Waals surface area contributed by atoms with Crippen molar-refractivity contribution in [3.63, 3.8) is 0 Å². The van der Waals surface area contributed by atoms with Crippen molar-refractivity contribution in [3.8, 4) is 0 Å². The normalized spacial score (nSPS) is 27.1. The van der Waals surface area contributed by atoms with E-state index in [1.165, 1.54) is 17.5 Å². The largest absolute Gasteiger partial charge is 0.327 e. The van der Waals surface area contributed by atoms with Crippen molar-refractivity contribution in [3.05, 3.63) is 35.4 Å². The molecule has 1 heteroatoms. The number of benzene rings is 1. The summed E-state index contributed by atoms with van der Waals surface area (Å²) < 4.78 is 0. The molecule has 0 radical (unpaired) electrons. The van der Waals surface area contributed by atoms with Gasteiger partial charge in [0.1, 0.15) is 0 Å². The molecular weight excluding hydrogens is 194 g/mol. The van der Waals surface area contributed by atoms with E-state index in [-0.39, 0.29) is 0 Å². The summed E-state index contributed by atoms with van der Waals surface area (Å²) in [5.74, 6) is 1.28. The lowest BCUT2D eigenvalue weighted by atomic mass is 9.98. The van der Waals surface area contributed by atoms with Crippen molar-refractivity contribution < 1.29 is 0 Å². The van der Waals surface area contributed by atoms with E-state index in [4.69, 9.17) is 5.73 Å². The fourth-order valence-electron chi connectivity index (χ4n) is 2.65. The van der Waals surface area contributed by atoms with Gasteiger partial charge in [-0.1, -0.05) is 52.0 Å². The first kappa shape index (κ1) is 11.7. The van der Waals surface area contributed by atoms with Crippen LogP contribution in [0.15, 0.2) is 24.3 Å². The highest BCUT2D eigenvalue weighted by Crippen LogP contribution is 2.57. The molecule has 88 valence electrons. The Morgan fingerprint density at radius 3 is 2.06 bits per heavy atom. The molecular formula is C15H23N. The van der Waals surface area contributed by atoms with Crippen LogP contribution in [0.5, 0.6) is 0 Å². The summed E-state index contributed by atoms with van der Waals surface area (Å²) in [5, 5.41) is 0. The van der Waals surface area contributed by atoms with E-state index < -0.39 is 0 Å². The third-order valence-electron chi connectivity index (χ3n) is 3.89. The average Bonchev–Trinajstić information content (AvgIpc) is 2.67. The molecule has 1 aromatic carbocycles. The summed E-state index contributed by atoms with van der Waals surface area (Å²) >= 11 is 0. The molecule has 1 aliphatic carbocycles. The van der Waals surface area contributed by atoms with E-state index in [9.17, 15) is 0 Å².